The monoisotopic (exact) mass is 527 g/mol. The van der Waals surface area contributed by atoms with Crippen LogP contribution in [0.5, 0.6) is 11.5 Å². The highest BCUT2D eigenvalue weighted by atomic mass is 16.5. The lowest BCUT2D eigenvalue weighted by molar-refractivity contribution is -0.139. The summed E-state index contributed by atoms with van der Waals surface area (Å²) in [5.74, 6) is -0.0684. The van der Waals surface area contributed by atoms with Crippen molar-refractivity contribution in [1.82, 2.24) is 4.90 Å². The molecule has 0 bridgehead atoms. The average molecular weight is 528 g/mol. The molecular formula is C33H37NO5. The number of aliphatic hydroxyl groups excluding tert-OH is 1. The van der Waals surface area contributed by atoms with Gasteiger partial charge in [-0.1, -0.05) is 69.2 Å². The molecule has 6 nitrogen and oxygen atoms in total. The van der Waals surface area contributed by atoms with Crippen LogP contribution in [-0.4, -0.2) is 41.5 Å². The zero-order valence-electron chi connectivity index (χ0n) is 22.8. The van der Waals surface area contributed by atoms with Crippen molar-refractivity contribution in [2.75, 3.05) is 19.8 Å². The smallest absolute Gasteiger partial charge is 0.295 e. The standard InChI is InChI=1S/C33H37NO5/c1-3-5-9-23-39-28-16-12-25(13-17-28)30-29(31(35)26-14-18-27(19-15-26)38-22-4-2)32(36)33(37)34(30)21-20-24-10-7-6-8-11-24/h6-8,10-19,30,35H,3-5,9,20-23H2,1-2H3/b31-29+. The quantitative estimate of drug-likeness (QED) is 0.116. The molecule has 1 unspecified atom stereocenters. The second-order valence-corrected chi connectivity index (χ2v) is 9.73. The summed E-state index contributed by atoms with van der Waals surface area (Å²) in [4.78, 5) is 28.2. The van der Waals surface area contributed by atoms with Gasteiger partial charge in [0.2, 0.25) is 0 Å². The van der Waals surface area contributed by atoms with Crippen LogP contribution in [0.25, 0.3) is 5.76 Å². The maximum atomic E-state index is 13.3. The van der Waals surface area contributed by atoms with E-state index in [0.717, 1.165) is 42.6 Å². The highest BCUT2D eigenvalue weighted by molar-refractivity contribution is 6.46. The summed E-state index contributed by atoms with van der Waals surface area (Å²) >= 11 is 0. The van der Waals surface area contributed by atoms with Crippen molar-refractivity contribution in [3.63, 3.8) is 0 Å². The van der Waals surface area contributed by atoms with Crippen molar-refractivity contribution in [1.29, 1.82) is 0 Å². The highest BCUT2D eigenvalue weighted by Crippen LogP contribution is 2.40. The minimum Gasteiger partial charge on any atom is -0.507 e. The van der Waals surface area contributed by atoms with Gasteiger partial charge in [-0.05, 0) is 66.8 Å². The van der Waals surface area contributed by atoms with E-state index in [1.54, 1.807) is 29.2 Å². The predicted molar refractivity (Wildman–Crippen MR) is 153 cm³/mol. The molecule has 3 aromatic carbocycles. The van der Waals surface area contributed by atoms with Crippen LogP contribution in [0.1, 0.15) is 62.3 Å². The molecule has 0 radical (unpaired) electrons. The van der Waals surface area contributed by atoms with Crippen LogP contribution in [0.3, 0.4) is 0 Å². The summed E-state index contributed by atoms with van der Waals surface area (Å²) in [5.41, 5.74) is 2.36. The molecule has 1 aliphatic heterocycles. The van der Waals surface area contributed by atoms with E-state index in [1.807, 2.05) is 61.5 Å². The van der Waals surface area contributed by atoms with E-state index in [2.05, 4.69) is 6.92 Å². The average Bonchev–Trinajstić information content (AvgIpc) is 3.23. The lowest BCUT2D eigenvalue weighted by Crippen LogP contribution is -2.31. The van der Waals surface area contributed by atoms with Crippen LogP contribution in [-0.2, 0) is 16.0 Å². The normalized spacial score (nSPS) is 16.5. The van der Waals surface area contributed by atoms with Crippen LogP contribution in [0.15, 0.2) is 84.4 Å². The van der Waals surface area contributed by atoms with E-state index in [0.29, 0.717) is 37.5 Å². The number of likely N-dealkylation sites (tertiary alicyclic amines) is 1. The first-order valence-corrected chi connectivity index (χ1v) is 13.8. The Bertz CT molecular complexity index is 1270. The molecule has 6 heteroatoms. The van der Waals surface area contributed by atoms with Gasteiger partial charge >= 0.3 is 0 Å². The van der Waals surface area contributed by atoms with Crippen LogP contribution in [0.4, 0.5) is 0 Å². The summed E-state index contributed by atoms with van der Waals surface area (Å²) in [6, 6.07) is 23.5. The van der Waals surface area contributed by atoms with Crippen LogP contribution < -0.4 is 9.47 Å². The number of Topliss-reactive ketones (excluding diaryl/α,β-unsaturated/α-hetero) is 1. The van der Waals surface area contributed by atoms with Crippen molar-refractivity contribution in [2.45, 2.75) is 52.0 Å². The summed E-state index contributed by atoms with van der Waals surface area (Å²) < 4.78 is 11.5. The number of ether oxygens (including phenoxy) is 2. The Morgan fingerprint density at radius 2 is 1.44 bits per heavy atom. The lowest BCUT2D eigenvalue weighted by Gasteiger charge is -2.25. The molecule has 1 N–H and O–H groups in total. The van der Waals surface area contributed by atoms with Crippen molar-refractivity contribution >= 4 is 17.4 Å². The highest BCUT2D eigenvalue weighted by Gasteiger charge is 2.45. The third-order valence-electron chi connectivity index (χ3n) is 6.84. The number of amides is 1. The number of hydrogen-bond acceptors (Lipinski definition) is 5. The second kappa shape index (κ2) is 13.7. The van der Waals surface area contributed by atoms with Gasteiger partial charge < -0.3 is 19.5 Å². The summed E-state index contributed by atoms with van der Waals surface area (Å²) in [7, 11) is 0. The Morgan fingerprint density at radius 3 is 2.08 bits per heavy atom. The number of nitrogens with zero attached hydrogens (tertiary/aromatic N) is 1. The van der Waals surface area contributed by atoms with E-state index < -0.39 is 17.7 Å². The molecular weight excluding hydrogens is 490 g/mol. The van der Waals surface area contributed by atoms with Crippen LogP contribution in [0.2, 0.25) is 0 Å². The van der Waals surface area contributed by atoms with E-state index in [-0.39, 0.29) is 11.3 Å². The lowest BCUT2D eigenvalue weighted by atomic mass is 9.95. The van der Waals surface area contributed by atoms with Gasteiger partial charge in [-0.15, -0.1) is 0 Å². The number of aliphatic hydroxyl groups is 1. The van der Waals surface area contributed by atoms with E-state index in [1.165, 1.54) is 0 Å². The molecule has 0 spiro atoms. The summed E-state index contributed by atoms with van der Waals surface area (Å²) in [5, 5.41) is 11.3. The zero-order chi connectivity index (χ0) is 27.6. The molecule has 0 aliphatic carbocycles. The molecule has 1 amide bonds. The van der Waals surface area contributed by atoms with Crippen LogP contribution in [0, 0.1) is 0 Å². The molecule has 204 valence electrons. The number of unbranched alkanes of at least 4 members (excludes halogenated alkanes) is 2. The largest absolute Gasteiger partial charge is 0.507 e. The Kier molecular flexibility index (Phi) is 9.79. The van der Waals surface area contributed by atoms with Crippen molar-refractivity contribution in [2.24, 2.45) is 0 Å². The number of carbonyl (C=O) groups excluding carboxylic acids is 2. The Balaban J connectivity index is 1.66. The van der Waals surface area contributed by atoms with Gasteiger partial charge in [0.25, 0.3) is 11.7 Å². The van der Waals surface area contributed by atoms with Gasteiger partial charge in [-0.2, -0.15) is 0 Å². The Labute approximate surface area is 230 Å². The van der Waals surface area contributed by atoms with Gasteiger partial charge in [0, 0.05) is 12.1 Å². The van der Waals surface area contributed by atoms with Gasteiger partial charge in [0.15, 0.2) is 0 Å². The molecule has 1 atom stereocenters. The molecule has 1 heterocycles. The summed E-state index contributed by atoms with van der Waals surface area (Å²) in [6.45, 7) is 5.76. The SMILES string of the molecule is CCCCCOc1ccc(C2/C(=C(\O)c3ccc(OCCC)cc3)C(=O)C(=O)N2CCc2ccccc2)cc1. The van der Waals surface area contributed by atoms with Crippen molar-refractivity contribution < 1.29 is 24.2 Å². The van der Waals surface area contributed by atoms with Gasteiger partial charge in [0.1, 0.15) is 17.3 Å². The van der Waals surface area contributed by atoms with Gasteiger partial charge in [0.05, 0.1) is 24.8 Å². The third-order valence-corrected chi connectivity index (χ3v) is 6.84. The predicted octanol–water partition coefficient (Wildman–Crippen LogP) is 6.71. The molecule has 0 saturated carbocycles. The van der Waals surface area contributed by atoms with Crippen LogP contribution >= 0.6 is 0 Å². The maximum absolute atomic E-state index is 13.3. The fourth-order valence-corrected chi connectivity index (χ4v) is 4.72. The van der Waals surface area contributed by atoms with Gasteiger partial charge in [-0.3, -0.25) is 9.59 Å². The fraction of sp³-hybridized carbons (Fsp3) is 0.333. The molecule has 39 heavy (non-hydrogen) atoms. The first kappa shape index (κ1) is 28.0. The summed E-state index contributed by atoms with van der Waals surface area (Å²) in [6.07, 6.45) is 4.70. The number of rotatable bonds is 13. The fourth-order valence-electron chi connectivity index (χ4n) is 4.72. The van der Waals surface area contributed by atoms with E-state index in [4.69, 9.17) is 9.47 Å². The Morgan fingerprint density at radius 1 is 0.795 bits per heavy atom. The third kappa shape index (κ3) is 6.88. The number of carbonyl (C=O) groups is 2. The van der Waals surface area contributed by atoms with E-state index >= 15 is 0 Å². The topological polar surface area (TPSA) is 76.1 Å². The zero-order valence-corrected chi connectivity index (χ0v) is 22.8. The number of benzene rings is 3. The number of hydrogen-bond donors (Lipinski definition) is 1. The Hall–Kier alpha value is -4.06. The molecule has 1 saturated heterocycles. The second-order valence-electron chi connectivity index (χ2n) is 9.73. The van der Waals surface area contributed by atoms with Gasteiger partial charge in [-0.25, -0.2) is 0 Å². The number of ketones is 1. The molecule has 1 aliphatic rings. The minimum atomic E-state index is -0.709. The van der Waals surface area contributed by atoms with Crippen molar-refractivity contribution in [3.05, 3.63) is 101 Å². The molecule has 4 rings (SSSR count). The maximum Gasteiger partial charge on any atom is 0.295 e. The molecule has 1 fully saturated rings. The molecule has 3 aromatic rings. The van der Waals surface area contributed by atoms with E-state index in [9.17, 15) is 14.7 Å². The first-order valence-electron chi connectivity index (χ1n) is 13.8. The van der Waals surface area contributed by atoms with Crippen molar-refractivity contribution in [3.8, 4) is 11.5 Å². The first-order chi connectivity index (χ1) is 19.0. The minimum absolute atomic E-state index is 0.0897. The molecule has 0 aromatic heterocycles.